The van der Waals surface area contributed by atoms with Gasteiger partial charge in [-0.25, -0.2) is 0 Å². The van der Waals surface area contributed by atoms with Crippen molar-refractivity contribution in [1.29, 1.82) is 0 Å². The van der Waals surface area contributed by atoms with Gasteiger partial charge in [-0.15, -0.1) is 0 Å². The number of H-pyrrole nitrogens is 1. The molecule has 2 aromatic heterocycles. The highest BCUT2D eigenvalue weighted by molar-refractivity contribution is 7.71. The largest absolute Gasteiger partial charge is 0.339 e. The molecule has 0 spiro atoms. The number of benzene rings is 2. The summed E-state index contributed by atoms with van der Waals surface area (Å²) in [6, 6.07) is 18.0. The summed E-state index contributed by atoms with van der Waals surface area (Å²) in [6.45, 7) is 2.05. The molecule has 4 aromatic rings. The molecule has 4 rings (SSSR count). The van der Waals surface area contributed by atoms with Crippen LogP contribution >= 0.6 is 12.2 Å². The summed E-state index contributed by atoms with van der Waals surface area (Å²) in [5.74, 6) is 2.01. The number of nitrogens with one attached hydrogen (secondary N) is 1. The first kappa shape index (κ1) is 16.4. The van der Waals surface area contributed by atoms with Crippen molar-refractivity contribution in [3.05, 3.63) is 76.6 Å². The Hall–Kier alpha value is -3.06. The minimum atomic E-state index is 0.567. The maximum Gasteiger partial charge on any atom is 0.227 e. The second-order valence-corrected chi connectivity index (χ2v) is 6.38. The van der Waals surface area contributed by atoms with E-state index in [-0.39, 0.29) is 0 Å². The first-order valence-corrected chi connectivity index (χ1v) is 8.73. The summed E-state index contributed by atoms with van der Waals surface area (Å²) in [5.41, 5.74) is 3.12. The molecule has 6 nitrogen and oxygen atoms in total. The van der Waals surface area contributed by atoms with E-state index in [1.807, 2.05) is 66.1 Å². The second-order valence-electron chi connectivity index (χ2n) is 5.99. The Morgan fingerprint density at radius 3 is 2.58 bits per heavy atom. The van der Waals surface area contributed by atoms with E-state index in [0.717, 1.165) is 17.1 Å². The summed E-state index contributed by atoms with van der Waals surface area (Å²) in [7, 11) is 0. The zero-order chi connectivity index (χ0) is 17.9. The van der Waals surface area contributed by atoms with Crippen molar-refractivity contribution in [2.24, 2.45) is 0 Å². The Balaban J connectivity index is 1.52. The predicted octanol–water partition coefficient (Wildman–Crippen LogP) is 4.07. The van der Waals surface area contributed by atoms with Gasteiger partial charge >= 0.3 is 0 Å². The molecule has 0 saturated heterocycles. The number of hydrogen-bond donors (Lipinski definition) is 1. The molecule has 0 aliphatic heterocycles. The van der Waals surface area contributed by atoms with E-state index in [4.69, 9.17) is 16.7 Å². The highest BCUT2D eigenvalue weighted by Gasteiger charge is 2.12. The minimum absolute atomic E-state index is 0.567. The van der Waals surface area contributed by atoms with Crippen LogP contribution in [0.2, 0.25) is 0 Å². The summed E-state index contributed by atoms with van der Waals surface area (Å²) in [5, 5.41) is 11.3. The van der Waals surface area contributed by atoms with Crippen LogP contribution in [0.25, 0.3) is 17.1 Å². The lowest BCUT2D eigenvalue weighted by Gasteiger charge is -2.05. The SMILES string of the molecule is Cc1ccc(-c2noc(CCc3n[nH]c(=S)n3-c3ccccc3)n2)cc1. The van der Waals surface area contributed by atoms with Crippen LogP contribution < -0.4 is 0 Å². The van der Waals surface area contributed by atoms with Crippen molar-refractivity contribution >= 4 is 12.2 Å². The van der Waals surface area contributed by atoms with Gasteiger partial charge in [-0.2, -0.15) is 10.1 Å². The van der Waals surface area contributed by atoms with Crippen molar-refractivity contribution in [3.8, 4) is 17.1 Å². The van der Waals surface area contributed by atoms with Gasteiger partial charge in [-0.05, 0) is 31.3 Å². The molecular formula is C19H17N5OS. The van der Waals surface area contributed by atoms with Crippen LogP contribution in [-0.2, 0) is 12.8 Å². The fourth-order valence-corrected chi connectivity index (χ4v) is 2.99. The molecule has 0 aliphatic rings. The Bertz CT molecular complexity index is 1060. The molecule has 0 atom stereocenters. The Kier molecular flexibility index (Phi) is 4.45. The normalized spacial score (nSPS) is 11.0. The van der Waals surface area contributed by atoms with Crippen molar-refractivity contribution in [3.63, 3.8) is 0 Å². The molecule has 0 bridgehead atoms. The van der Waals surface area contributed by atoms with E-state index in [1.165, 1.54) is 5.56 Å². The van der Waals surface area contributed by atoms with E-state index >= 15 is 0 Å². The van der Waals surface area contributed by atoms with E-state index in [2.05, 4.69) is 20.3 Å². The summed E-state index contributed by atoms with van der Waals surface area (Å²) in [6.07, 6.45) is 1.23. The van der Waals surface area contributed by atoms with Crippen LogP contribution in [0.1, 0.15) is 17.3 Å². The Morgan fingerprint density at radius 2 is 1.81 bits per heavy atom. The van der Waals surface area contributed by atoms with Gasteiger partial charge in [-0.3, -0.25) is 9.67 Å². The van der Waals surface area contributed by atoms with E-state index in [9.17, 15) is 0 Å². The first-order chi connectivity index (χ1) is 12.7. The quantitative estimate of drug-likeness (QED) is 0.541. The van der Waals surface area contributed by atoms with E-state index in [1.54, 1.807) is 0 Å². The van der Waals surface area contributed by atoms with Gasteiger partial charge in [0.05, 0.1) is 0 Å². The minimum Gasteiger partial charge on any atom is -0.339 e. The molecule has 0 aliphatic carbocycles. The molecule has 130 valence electrons. The molecule has 0 saturated carbocycles. The monoisotopic (exact) mass is 363 g/mol. The van der Waals surface area contributed by atoms with Crippen molar-refractivity contribution in [2.75, 3.05) is 0 Å². The predicted molar refractivity (Wildman–Crippen MR) is 101 cm³/mol. The number of aromatic nitrogens is 5. The number of hydrogen-bond acceptors (Lipinski definition) is 5. The molecule has 7 heteroatoms. The van der Waals surface area contributed by atoms with Gasteiger partial charge in [0.15, 0.2) is 4.77 Å². The number of nitrogens with zero attached hydrogens (tertiary/aromatic N) is 4. The fraction of sp³-hybridized carbons (Fsp3) is 0.158. The van der Waals surface area contributed by atoms with Crippen LogP contribution in [0.3, 0.4) is 0 Å². The number of aromatic amines is 1. The van der Waals surface area contributed by atoms with Crippen molar-refractivity contribution in [1.82, 2.24) is 24.9 Å². The molecule has 2 aromatic carbocycles. The molecule has 1 N–H and O–H groups in total. The zero-order valence-corrected chi connectivity index (χ0v) is 15.0. The van der Waals surface area contributed by atoms with Crippen molar-refractivity contribution in [2.45, 2.75) is 19.8 Å². The van der Waals surface area contributed by atoms with E-state index < -0.39 is 0 Å². The number of para-hydroxylation sites is 1. The van der Waals surface area contributed by atoms with E-state index in [0.29, 0.717) is 29.3 Å². The van der Waals surface area contributed by atoms with Crippen molar-refractivity contribution < 1.29 is 4.52 Å². The van der Waals surface area contributed by atoms with Gasteiger partial charge in [0.1, 0.15) is 5.82 Å². The average molecular weight is 363 g/mol. The lowest BCUT2D eigenvalue weighted by molar-refractivity contribution is 0.378. The third-order valence-electron chi connectivity index (χ3n) is 4.10. The van der Waals surface area contributed by atoms with Crippen LogP contribution in [-0.4, -0.2) is 24.9 Å². The number of rotatable bonds is 5. The third kappa shape index (κ3) is 3.34. The molecule has 2 heterocycles. The van der Waals surface area contributed by atoms with Gasteiger partial charge < -0.3 is 4.52 Å². The number of aryl methyl sites for hydroxylation is 3. The second kappa shape index (κ2) is 7.05. The molecule has 26 heavy (non-hydrogen) atoms. The molecular weight excluding hydrogens is 346 g/mol. The maximum absolute atomic E-state index is 5.39. The molecule has 0 amide bonds. The fourth-order valence-electron chi connectivity index (χ4n) is 2.74. The van der Waals surface area contributed by atoms with Gasteiger partial charge in [0.25, 0.3) is 0 Å². The lowest BCUT2D eigenvalue weighted by atomic mass is 10.1. The smallest absolute Gasteiger partial charge is 0.227 e. The molecule has 0 unspecified atom stereocenters. The standard InChI is InChI=1S/C19H17N5OS/c1-13-7-9-14(10-8-13)18-20-17(25-23-18)12-11-16-21-22-19(26)24(16)15-5-3-2-4-6-15/h2-10H,11-12H2,1H3,(H,22,26). The van der Waals surface area contributed by atoms with Gasteiger partial charge in [0.2, 0.25) is 11.7 Å². The van der Waals surface area contributed by atoms with Crippen LogP contribution in [0.4, 0.5) is 0 Å². The first-order valence-electron chi connectivity index (χ1n) is 8.32. The Labute approximate surface area is 155 Å². The molecule has 0 fully saturated rings. The van der Waals surface area contributed by atoms with Crippen LogP contribution in [0.15, 0.2) is 59.1 Å². The average Bonchev–Trinajstić information content (AvgIpc) is 3.28. The summed E-state index contributed by atoms with van der Waals surface area (Å²) in [4.78, 5) is 4.48. The highest BCUT2D eigenvalue weighted by Crippen LogP contribution is 2.17. The highest BCUT2D eigenvalue weighted by atomic mass is 32.1. The maximum atomic E-state index is 5.39. The lowest BCUT2D eigenvalue weighted by Crippen LogP contribution is -2.03. The topological polar surface area (TPSA) is 72.5 Å². The van der Waals surface area contributed by atoms with Gasteiger partial charge in [-0.1, -0.05) is 53.2 Å². The molecule has 0 radical (unpaired) electrons. The Morgan fingerprint density at radius 1 is 1.04 bits per heavy atom. The van der Waals surface area contributed by atoms with Gasteiger partial charge in [0, 0.05) is 24.1 Å². The zero-order valence-electron chi connectivity index (χ0n) is 14.2. The van der Waals surface area contributed by atoms with Crippen LogP contribution in [0, 0.1) is 11.7 Å². The third-order valence-corrected chi connectivity index (χ3v) is 4.37. The summed E-state index contributed by atoms with van der Waals surface area (Å²) < 4.78 is 7.88. The summed E-state index contributed by atoms with van der Waals surface area (Å²) >= 11 is 5.36. The van der Waals surface area contributed by atoms with Crippen LogP contribution in [0.5, 0.6) is 0 Å².